The van der Waals surface area contributed by atoms with Gasteiger partial charge in [0.25, 0.3) is 0 Å². The minimum absolute atomic E-state index is 0.0534. The molecular formula is C21H20F3N3OS3. The zero-order chi connectivity index (χ0) is 22.4. The predicted octanol–water partition coefficient (Wildman–Crippen LogP) is 6.70. The Labute approximate surface area is 191 Å². The van der Waals surface area contributed by atoms with E-state index < -0.39 is 17.6 Å². The lowest BCUT2D eigenvalue weighted by atomic mass is 10.0. The Balaban J connectivity index is 1.49. The SMILES string of the molecule is CC(C)c1ccc(CSc2nnc(SCC(=O)Nc3ccccc3C(F)(F)F)s2)cc1. The van der Waals surface area contributed by atoms with Gasteiger partial charge in [0.15, 0.2) is 8.68 Å². The maximum atomic E-state index is 13.0. The second-order valence-electron chi connectivity index (χ2n) is 6.90. The van der Waals surface area contributed by atoms with Crippen LogP contribution < -0.4 is 5.32 Å². The third-order valence-electron chi connectivity index (χ3n) is 4.23. The summed E-state index contributed by atoms with van der Waals surface area (Å²) in [6.07, 6.45) is -4.53. The van der Waals surface area contributed by atoms with Gasteiger partial charge in [-0.2, -0.15) is 13.2 Å². The number of halogens is 3. The molecule has 0 bridgehead atoms. The summed E-state index contributed by atoms with van der Waals surface area (Å²) in [5.74, 6) is 0.661. The largest absolute Gasteiger partial charge is 0.418 e. The number of thioether (sulfide) groups is 2. The molecule has 0 aliphatic rings. The number of nitrogens with one attached hydrogen (secondary N) is 1. The molecule has 1 N–H and O–H groups in total. The third kappa shape index (κ3) is 6.98. The number of hydrogen-bond donors (Lipinski definition) is 1. The van der Waals surface area contributed by atoms with Crippen LogP contribution in [0.3, 0.4) is 0 Å². The normalized spacial score (nSPS) is 11.7. The van der Waals surface area contributed by atoms with Crippen LogP contribution in [0, 0.1) is 0 Å². The van der Waals surface area contributed by atoms with Gasteiger partial charge in [0.2, 0.25) is 5.91 Å². The smallest absolute Gasteiger partial charge is 0.325 e. The fraction of sp³-hybridized carbons (Fsp3) is 0.286. The number of rotatable bonds is 8. The molecule has 10 heteroatoms. The van der Waals surface area contributed by atoms with Crippen molar-refractivity contribution in [3.05, 3.63) is 65.2 Å². The van der Waals surface area contributed by atoms with Gasteiger partial charge in [0, 0.05) is 5.75 Å². The summed E-state index contributed by atoms with van der Waals surface area (Å²) in [6, 6.07) is 13.3. The summed E-state index contributed by atoms with van der Waals surface area (Å²) >= 11 is 4.06. The van der Waals surface area contributed by atoms with Crippen molar-refractivity contribution in [1.82, 2.24) is 10.2 Å². The van der Waals surface area contributed by atoms with E-state index in [1.165, 1.54) is 40.7 Å². The number of hydrogen-bond acceptors (Lipinski definition) is 6. The molecule has 0 radical (unpaired) electrons. The zero-order valence-corrected chi connectivity index (χ0v) is 19.2. The molecular weight excluding hydrogens is 463 g/mol. The van der Waals surface area contributed by atoms with Crippen molar-refractivity contribution in [2.45, 2.75) is 40.4 Å². The molecule has 4 nitrogen and oxygen atoms in total. The van der Waals surface area contributed by atoms with Gasteiger partial charge in [-0.15, -0.1) is 10.2 Å². The van der Waals surface area contributed by atoms with E-state index in [-0.39, 0.29) is 11.4 Å². The van der Waals surface area contributed by atoms with Crippen molar-refractivity contribution in [3.8, 4) is 0 Å². The van der Waals surface area contributed by atoms with Crippen LogP contribution in [0.25, 0.3) is 0 Å². The molecule has 0 atom stereocenters. The van der Waals surface area contributed by atoms with Crippen molar-refractivity contribution < 1.29 is 18.0 Å². The summed E-state index contributed by atoms with van der Waals surface area (Å²) in [7, 11) is 0. The van der Waals surface area contributed by atoms with Crippen LogP contribution in [-0.4, -0.2) is 21.9 Å². The average molecular weight is 484 g/mol. The Morgan fingerprint density at radius 3 is 2.32 bits per heavy atom. The molecule has 3 aromatic rings. The maximum Gasteiger partial charge on any atom is 0.418 e. The minimum Gasteiger partial charge on any atom is -0.325 e. The number of benzene rings is 2. The van der Waals surface area contributed by atoms with Crippen LogP contribution in [0.4, 0.5) is 18.9 Å². The average Bonchev–Trinajstić information content (AvgIpc) is 3.18. The van der Waals surface area contributed by atoms with E-state index >= 15 is 0 Å². The molecule has 0 fully saturated rings. The molecule has 0 spiro atoms. The van der Waals surface area contributed by atoms with Gasteiger partial charge in [-0.25, -0.2) is 0 Å². The Bertz CT molecular complexity index is 1020. The van der Waals surface area contributed by atoms with Crippen LogP contribution >= 0.6 is 34.9 Å². The van der Waals surface area contributed by atoms with E-state index in [1.807, 2.05) is 0 Å². The van der Waals surface area contributed by atoms with Crippen molar-refractivity contribution in [2.75, 3.05) is 11.1 Å². The molecule has 31 heavy (non-hydrogen) atoms. The number of anilines is 1. The molecule has 2 aromatic carbocycles. The number of amides is 1. The van der Waals surface area contributed by atoms with Gasteiger partial charge in [-0.05, 0) is 29.2 Å². The lowest BCUT2D eigenvalue weighted by molar-refractivity contribution is -0.137. The maximum absolute atomic E-state index is 13.0. The quantitative estimate of drug-likeness (QED) is 0.361. The van der Waals surface area contributed by atoms with Gasteiger partial charge in [-0.3, -0.25) is 4.79 Å². The molecule has 3 rings (SSSR count). The first-order valence-electron chi connectivity index (χ1n) is 9.36. The van der Waals surface area contributed by atoms with Crippen LogP contribution in [0.5, 0.6) is 0 Å². The first kappa shape index (κ1) is 23.6. The van der Waals surface area contributed by atoms with E-state index in [9.17, 15) is 18.0 Å². The summed E-state index contributed by atoms with van der Waals surface area (Å²) in [6.45, 7) is 4.30. The standard InChI is InChI=1S/C21H20F3N3OS3/c1-13(2)15-9-7-14(8-10-15)11-29-19-26-27-20(31-19)30-12-18(28)25-17-6-4-3-5-16(17)21(22,23)24/h3-10,13H,11-12H2,1-2H3,(H,25,28). The molecule has 1 aromatic heterocycles. The van der Waals surface area contributed by atoms with Gasteiger partial charge in [0.05, 0.1) is 17.0 Å². The molecule has 0 saturated carbocycles. The highest BCUT2D eigenvalue weighted by Crippen LogP contribution is 2.35. The number of aromatic nitrogens is 2. The Hall–Kier alpha value is -2.04. The molecule has 1 amide bonds. The molecule has 0 aliphatic heterocycles. The second kappa shape index (κ2) is 10.5. The van der Waals surface area contributed by atoms with Gasteiger partial charge in [0.1, 0.15) is 0 Å². The molecule has 0 saturated heterocycles. The van der Waals surface area contributed by atoms with Gasteiger partial charge >= 0.3 is 6.18 Å². The highest BCUT2D eigenvalue weighted by atomic mass is 32.2. The monoisotopic (exact) mass is 483 g/mol. The number of para-hydroxylation sites is 1. The summed E-state index contributed by atoms with van der Waals surface area (Å²) in [4.78, 5) is 12.1. The van der Waals surface area contributed by atoms with Gasteiger partial charge < -0.3 is 5.32 Å². The minimum atomic E-state index is -4.53. The summed E-state index contributed by atoms with van der Waals surface area (Å²) in [5, 5.41) is 10.5. The predicted molar refractivity (Wildman–Crippen MR) is 121 cm³/mol. The van der Waals surface area contributed by atoms with E-state index in [4.69, 9.17) is 0 Å². The van der Waals surface area contributed by atoms with Crippen molar-refractivity contribution in [1.29, 1.82) is 0 Å². The highest BCUT2D eigenvalue weighted by Gasteiger charge is 2.33. The molecule has 0 aliphatic carbocycles. The number of carbonyl (C=O) groups is 1. The number of carbonyl (C=O) groups excluding carboxylic acids is 1. The van der Waals surface area contributed by atoms with Crippen molar-refractivity contribution in [3.63, 3.8) is 0 Å². The Morgan fingerprint density at radius 2 is 1.68 bits per heavy atom. The lowest BCUT2D eigenvalue weighted by Gasteiger charge is -2.13. The van der Waals surface area contributed by atoms with Gasteiger partial charge in [-0.1, -0.05) is 85.1 Å². The third-order valence-corrected chi connectivity index (χ3v) is 7.49. The molecule has 1 heterocycles. The number of nitrogens with zero attached hydrogens (tertiary/aromatic N) is 2. The first-order chi connectivity index (χ1) is 14.7. The van der Waals surface area contributed by atoms with Crippen molar-refractivity contribution >= 4 is 46.5 Å². The van der Waals surface area contributed by atoms with E-state index in [2.05, 4.69) is 53.6 Å². The zero-order valence-electron chi connectivity index (χ0n) is 16.8. The molecule has 0 unspecified atom stereocenters. The van der Waals surface area contributed by atoms with E-state index in [1.54, 1.807) is 11.8 Å². The van der Waals surface area contributed by atoms with Crippen LogP contribution in [0.15, 0.2) is 57.2 Å². The second-order valence-corrected chi connectivity index (χ2v) is 10.3. The van der Waals surface area contributed by atoms with Crippen LogP contribution in [-0.2, 0) is 16.7 Å². The number of alkyl halides is 3. The Morgan fingerprint density at radius 1 is 1.03 bits per heavy atom. The summed E-state index contributed by atoms with van der Waals surface area (Å²) in [5.41, 5.74) is 1.35. The van der Waals surface area contributed by atoms with Crippen LogP contribution in [0.2, 0.25) is 0 Å². The fourth-order valence-corrected chi connectivity index (χ4v) is 5.39. The fourth-order valence-electron chi connectivity index (χ4n) is 2.61. The van der Waals surface area contributed by atoms with Crippen molar-refractivity contribution in [2.24, 2.45) is 0 Å². The van der Waals surface area contributed by atoms with E-state index in [0.29, 0.717) is 10.3 Å². The van der Waals surface area contributed by atoms with E-state index in [0.717, 1.165) is 27.9 Å². The summed E-state index contributed by atoms with van der Waals surface area (Å²) < 4.78 is 40.5. The Kier molecular flexibility index (Phi) is 8.01. The van der Waals surface area contributed by atoms with Crippen LogP contribution in [0.1, 0.15) is 36.5 Å². The topological polar surface area (TPSA) is 54.9 Å². The first-order valence-corrected chi connectivity index (χ1v) is 12.1. The molecule has 164 valence electrons. The lowest BCUT2D eigenvalue weighted by Crippen LogP contribution is -2.18. The highest BCUT2D eigenvalue weighted by molar-refractivity contribution is 8.03.